The van der Waals surface area contributed by atoms with Crippen LogP contribution in [-0.2, 0) is 11.3 Å². The van der Waals surface area contributed by atoms with Crippen molar-refractivity contribution in [1.29, 1.82) is 0 Å². The van der Waals surface area contributed by atoms with Crippen molar-refractivity contribution in [2.24, 2.45) is 0 Å². The molecule has 1 fully saturated rings. The number of aromatic amines is 1. The van der Waals surface area contributed by atoms with Crippen LogP contribution >= 0.6 is 0 Å². The molecule has 2 heterocycles. The molecule has 24 heavy (non-hydrogen) atoms. The summed E-state index contributed by atoms with van der Waals surface area (Å²) in [6.07, 6.45) is 3.46. The first-order valence-electron chi connectivity index (χ1n) is 8.21. The quantitative estimate of drug-likeness (QED) is 0.915. The number of likely N-dealkylation sites (tertiary alicyclic amines) is 1. The molecule has 1 aliphatic heterocycles. The number of para-hydroxylation sites is 1. The monoisotopic (exact) mass is 329 g/mol. The van der Waals surface area contributed by atoms with Crippen molar-refractivity contribution in [1.82, 2.24) is 15.1 Å². The summed E-state index contributed by atoms with van der Waals surface area (Å²) in [5.41, 5.74) is 2.52. The minimum atomic E-state index is 0.0458. The first kappa shape index (κ1) is 16.5. The van der Waals surface area contributed by atoms with Gasteiger partial charge in [0.25, 0.3) is 5.91 Å². The Bertz CT molecular complexity index is 690. The van der Waals surface area contributed by atoms with Crippen LogP contribution in [0.15, 0.2) is 30.5 Å². The fourth-order valence-electron chi connectivity index (χ4n) is 2.99. The number of hydrogen-bond donors (Lipinski definition) is 1. The lowest BCUT2D eigenvalue weighted by molar-refractivity contribution is -0.000972. The van der Waals surface area contributed by atoms with Crippen LogP contribution in [0.2, 0.25) is 0 Å². The maximum atomic E-state index is 12.5. The average Bonchev–Trinajstić information content (AvgIpc) is 3.06. The Morgan fingerprint density at radius 1 is 1.33 bits per heavy atom. The number of amides is 1. The number of piperidine rings is 1. The number of aryl methyl sites for hydroxylation is 1. The number of carbonyl (C=O) groups excluding carboxylic acids is 1. The van der Waals surface area contributed by atoms with Crippen molar-refractivity contribution in [2.45, 2.75) is 32.5 Å². The highest BCUT2D eigenvalue weighted by atomic mass is 16.5. The summed E-state index contributed by atoms with van der Waals surface area (Å²) in [5, 5.41) is 6.74. The van der Waals surface area contributed by atoms with Crippen molar-refractivity contribution >= 4 is 5.91 Å². The van der Waals surface area contributed by atoms with Gasteiger partial charge in [-0.2, -0.15) is 5.10 Å². The third kappa shape index (κ3) is 3.59. The lowest BCUT2D eigenvalue weighted by Crippen LogP contribution is -2.41. The lowest BCUT2D eigenvalue weighted by Gasteiger charge is -2.32. The zero-order valence-electron chi connectivity index (χ0n) is 14.1. The van der Waals surface area contributed by atoms with Crippen molar-refractivity contribution < 1.29 is 14.3 Å². The molecule has 3 rings (SSSR count). The van der Waals surface area contributed by atoms with Gasteiger partial charge in [-0.05, 0) is 25.8 Å². The second kappa shape index (κ2) is 7.49. The molecule has 1 N–H and O–H groups in total. The highest BCUT2D eigenvalue weighted by Gasteiger charge is 2.25. The zero-order valence-corrected chi connectivity index (χ0v) is 14.1. The molecule has 6 heteroatoms. The lowest BCUT2D eigenvalue weighted by atomic mass is 10.1. The second-order valence-corrected chi connectivity index (χ2v) is 6.02. The summed E-state index contributed by atoms with van der Waals surface area (Å²) in [5.74, 6) is 0.893. The standard InChI is InChI=1S/C18H23N3O3/c1-13-16(11-19-20-13)18(22)21-9-7-15(8-10-21)24-12-14-5-3-4-6-17(14)23-2/h3-6,11,15H,7-10,12H2,1-2H3,(H,19,20). The molecule has 0 bridgehead atoms. The normalized spacial score (nSPS) is 15.5. The van der Waals surface area contributed by atoms with E-state index in [9.17, 15) is 4.79 Å². The number of benzene rings is 1. The van der Waals surface area contributed by atoms with E-state index < -0.39 is 0 Å². The van der Waals surface area contributed by atoms with Gasteiger partial charge in [-0.25, -0.2) is 0 Å². The Hall–Kier alpha value is -2.34. The van der Waals surface area contributed by atoms with Crippen molar-refractivity contribution in [3.63, 3.8) is 0 Å². The Morgan fingerprint density at radius 2 is 2.08 bits per heavy atom. The molecule has 1 aromatic heterocycles. The van der Waals surface area contributed by atoms with Crippen LogP contribution in [0.5, 0.6) is 5.75 Å². The van der Waals surface area contributed by atoms with Gasteiger partial charge in [-0.1, -0.05) is 18.2 Å². The number of rotatable bonds is 5. The van der Waals surface area contributed by atoms with Gasteiger partial charge in [0.15, 0.2) is 0 Å². The molecular formula is C18H23N3O3. The maximum absolute atomic E-state index is 12.5. The van der Waals surface area contributed by atoms with Crippen molar-refractivity contribution in [3.8, 4) is 5.75 Å². The molecule has 0 spiro atoms. The number of methoxy groups -OCH3 is 1. The number of ether oxygens (including phenoxy) is 2. The number of nitrogens with zero attached hydrogens (tertiary/aromatic N) is 2. The number of aromatic nitrogens is 2. The molecule has 6 nitrogen and oxygen atoms in total. The first-order chi connectivity index (χ1) is 11.7. The van der Waals surface area contributed by atoms with Gasteiger partial charge in [0.2, 0.25) is 0 Å². The van der Waals surface area contributed by atoms with E-state index in [0.29, 0.717) is 25.3 Å². The van der Waals surface area contributed by atoms with E-state index in [2.05, 4.69) is 10.2 Å². The van der Waals surface area contributed by atoms with Gasteiger partial charge in [0, 0.05) is 24.3 Å². The summed E-state index contributed by atoms with van der Waals surface area (Å²) >= 11 is 0. The Kier molecular flexibility index (Phi) is 5.15. The van der Waals surface area contributed by atoms with Gasteiger partial charge in [0.05, 0.1) is 31.6 Å². The summed E-state index contributed by atoms with van der Waals surface area (Å²) in [4.78, 5) is 14.3. The van der Waals surface area contributed by atoms with E-state index in [1.165, 1.54) is 0 Å². The average molecular weight is 329 g/mol. The predicted molar refractivity (Wildman–Crippen MR) is 90.0 cm³/mol. The van der Waals surface area contributed by atoms with Crippen LogP contribution < -0.4 is 4.74 Å². The molecule has 128 valence electrons. The highest BCUT2D eigenvalue weighted by molar-refractivity contribution is 5.95. The minimum absolute atomic E-state index is 0.0458. The van der Waals surface area contributed by atoms with Crippen molar-refractivity contribution in [2.75, 3.05) is 20.2 Å². The molecule has 1 amide bonds. The molecule has 0 aliphatic carbocycles. The fraction of sp³-hybridized carbons (Fsp3) is 0.444. The zero-order chi connectivity index (χ0) is 16.9. The maximum Gasteiger partial charge on any atom is 0.257 e. The van der Waals surface area contributed by atoms with Crippen LogP contribution in [0.25, 0.3) is 0 Å². The molecule has 1 aromatic carbocycles. The summed E-state index contributed by atoms with van der Waals surface area (Å²) in [6.45, 7) is 3.81. The molecule has 1 aliphatic rings. The van der Waals surface area contributed by atoms with Crippen LogP contribution in [-0.4, -0.2) is 47.3 Å². The Labute approximate surface area is 141 Å². The molecule has 0 radical (unpaired) electrons. The van der Waals surface area contributed by atoms with E-state index in [-0.39, 0.29) is 12.0 Å². The van der Waals surface area contributed by atoms with E-state index in [0.717, 1.165) is 29.8 Å². The molecule has 0 saturated carbocycles. The number of nitrogens with one attached hydrogen (secondary N) is 1. The van der Waals surface area contributed by atoms with E-state index >= 15 is 0 Å². The highest BCUT2D eigenvalue weighted by Crippen LogP contribution is 2.22. The molecule has 1 saturated heterocycles. The van der Waals surface area contributed by atoms with Crippen LogP contribution in [0.4, 0.5) is 0 Å². The molecule has 0 atom stereocenters. The van der Waals surface area contributed by atoms with Gasteiger partial charge < -0.3 is 14.4 Å². The third-order valence-corrected chi connectivity index (χ3v) is 4.46. The molecular weight excluding hydrogens is 306 g/mol. The van der Waals surface area contributed by atoms with E-state index in [1.807, 2.05) is 36.1 Å². The fourth-order valence-corrected chi connectivity index (χ4v) is 2.99. The van der Waals surface area contributed by atoms with E-state index in [1.54, 1.807) is 13.3 Å². The number of carbonyl (C=O) groups is 1. The van der Waals surface area contributed by atoms with Gasteiger partial charge in [-0.15, -0.1) is 0 Å². The predicted octanol–water partition coefficient (Wildman–Crippen LogP) is 2.55. The van der Waals surface area contributed by atoms with Gasteiger partial charge in [-0.3, -0.25) is 9.89 Å². The number of hydrogen-bond acceptors (Lipinski definition) is 4. The summed E-state index contributed by atoms with van der Waals surface area (Å²) < 4.78 is 11.4. The van der Waals surface area contributed by atoms with Crippen LogP contribution in [0.1, 0.15) is 34.5 Å². The number of H-pyrrole nitrogens is 1. The largest absolute Gasteiger partial charge is 0.496 e. The SMILES string of the molecule is COc1ccccc1COC1CCN(C(=O)c2cn[nH]c2C)CC1. The van der Waals surface area contributed by atoms with Gasteiger partial charge in [0.1, 0.15) is 5.75 Å². The molecule has 0 unspecified atom stereocenters. The second-order valence-electron chi connectivity index (χ2n) is 6.02. The topological polar surface area (TPSA) is 67.5 Å². The summed E-state index contributed by atoms with van der Waals surface area (Å²) in [7, 11) is 1.67. The van der Waals surface area contributed by atoms with Crippen LogP contribution in [0, 0.1) is 6.92 Å². The summed E-state index contributed by atoms with van der Waals surface area (Å²) in [6, 6.07) is 7.88. The van der Waals surface area contributed by atoms with E-state index in [4.69, 9.17) is 9.47 Å². The van der Waals surface area contributed by atoms with Gasteiger partial charge >= 0.3 is 0 Å². The minimum Gasteiger partial charge on any atom is -0.496 e. The molecule has 2 aromatic rings. The Morgan fingerprint density at radius 3 is 2.75 bits per heavy atom. The van der Waals surface area contributed by atoms with Crippen molar-refractivity contribution in [3.05, 3.63) is 47.3 Å². The Balaban J connectivity index is 1.50. The first-order valence-corrected chi connectivity index (χ1v) is 8.21. The smallest absolute Gasteiger partial charge is 0.257 e. The van der Waals surface area contributed by atoms with Crippen LogP contribution in [0.3, 0.4) is 0 Å². The third-order valence-electron chi connectivity index (χ3n) is 4.46.